The second-order valence-corrected chi connectivity index (χ2v) is 8.41. The second kappa shape index (κ2) is 8.23. The molecule has 30 heavy (non-hydrogen) atoms. The molecule has 5 nitrogen and oxygen atoms in total. The lowest BCUT2D eigenvalue weighted by Gasteiger charge is -2.20. The molecule has 1 N–H and O–H groups in total. The number of nitrogens with zero attached hydrogens (tertiary/aromatic N) is 1. The first-order valence-corrected chi connectivity index (χ1v) is 11.1. The molecule has 0 spiro atoms. The summed E-state index contributed by atoms with van der Waals surface area (Å²) in [4.78, 5) is 16.8. The van der Waals surface area contributed by atoms with Gasteiger partial charge < -0.3 is 14.5 Å². The third-order valence-electron chi connectivity index (χ3n) is 6.25. The van der Waals surface area contributed by atoms with Crippen molar-refractivity contribution in [3.8, 4) is 11.5 Å². The summed E-state index contributed by atoms with van der Waals surface area (Å²) in [6.45, 7) is 0.801. The number of fused-ring (bicyclic) bond motifs is 1. The molecule has 1 unspecified atom stereocenters. The predicted molar refractivity (Wildman–Crippen MR) is 116 cm³/mol. The van der Waals surface area contributed by atoms with E-state index >= 15 is 0 Å². The largest absolute Gasteiger partial charge is 0.457 e. The van der Waals surface area contributed by atoms with Gasteiger partial charge in [0, 0.05) is 25.5 Å². The van der Waals surface area contributed by atoms with Crippen molar-refractivity contribution in [3.05, 3.63) is 53.3 Å². The fourth-order valence-corrected chi connectivity index (χ4v) is 4.40. The smallest absolute Gasteiger partial charge is 0.220 e. The van der Waals surface area contributed by atoms with Crippen molar-refractivity contribution in [2.45, 2.75) is 57.0 Å². The second-order valence-electron chi connectivity index (χ2n) is 8.41. The number of ether oxygens (including phenoxy) is 1. The number of amides is 1. The van der Waals surface area contributed by atoms with E-state index in [1.165, 1.54) is 30.2 Å². The highest BCUT2D eigenvalue weighted by Gasteiger charge is 2.28. The summed E-state index contributed by atoms with van der Waals surface area (Å²) in [5.41, 5.74) is 4.33. The standard InChI is InChI=1S/C25H28N2O3/c1-26-24(28)13-10-17-5-4-6-18-19(16-8-9-16)15-20(27-25(17)18)21-11-12-23(30-21)22-7-2-3-14-29-22/h4-6,11-12,15-16,22H,2-3,7-10,13-14H2,1H3,(H,26,28). The molecule has 5 rings (SSSR count). The number of carbonyl (C=O) groups excluding carboxylic acids is 1. The van der Waals surface area contributed by atoms with Gasteiger partial charge >= 0.3 is 0 Å². The lowest BCUT2D eigenvalue weighted by molar-refractivity contribution is -0.120. The zero-order valence-electron chi connectivity index (χ0n) is 17.4. The fourth-order valence-electron chi connectivity index (χ4n) is 4.40. The van der Waals surface area contributed by atoms with Crippen LogP contribution in [0.3, 0.4) is 0 Å². The van der Waals surface area contributed by atoms with Crippen LogP contribution in [0, 0.1) is 0 Å². The Morgan fingerprint density at radius 1 is 1.17 bits per heavy atom. The van der Waals surface area contributed by atoms with Crippen LogP contribution in [0.4, 0.5) is 0 Å². The van der Waals surface area contributed by atoms with Gasteiger partial charge in [-0.05, 0) is 73.8 Å². The Kier molecular flexibility index (Phi) is 5.30. The van der Waals surface area contributed by atoms with E-state index in [4.69, 9.17) is 14.1 Å². The molecule has 3 aromatic rings. The quantitative estimate of drug-likeness (QED) is 0.606. The Bertz CT molecular complexity index is 1060. The maximum Gasteiger partial charge on any atom is 0.220 e. The average molecular weight is 405 g/mol. The van der Waals surface area contributed by atoms with E-state index in [0.717, 1.165) is 47.7 Å². The van der Waals surface area contributed by atoms with Crippen LogP contribution in [0.1, 0.15) is 67.4 Å². The summed E-state index contributed by atoms with van der Waals surface area (Å²) in [7, 11) is 1.68. The molecule has 2 fully saturated rings. The van der Waals surface area contributed by atoms with Crippen molar-refractivity contribution in [1.29, 1.82) is 0 Å². The molecule has 2 aliphatic rings. The molecule has 0 bridgehead atoms. The Morgan fingerprint density at radius 2 is 2.07 bits per heavy atom. The Balaban J connectivity index is 1.53. The molecule has 1 atom stereocenters. The van der Waals surface area contributed by atoms with Gasteiger partial charge in [-0.2, -0.15) is 0 Å². The summed E-state index contributed by atoms with van der Waals surface area (Å²) in [6, 6.07) is 12.6. The molecule has 1 saturated carbocycles. The van der Waals surface area contributed by atoms with E-state index in [9.17, 15) is 4.79 Å². The molecular weight excluding hydrogens is 376 g/mol. The van der Waals surface area contributed by atoms with Gasteiger partial charge in [0.2, 0.25) is 5.91 Å². The predicted octanol–water partition coefficient (Wildman–Crippen LogP) is 5.29. The van der Waals surface area contributed by atoms with Crippen LogP contribution in [0.5, 0.6) is 0 Å². The van der Waals surface area contributed by atoms with Gasteiger partial charge in [-0.3, -0.25) is 4.79 Å². The molecule has 1 saturated heterocycles. The molecule has 0 radical (unpaired) electrons. The number of hydrogen-bond donors (Lipinski definition) is 1. The lowest BCUT2D eigenvalue weighted by atomic mass is 9.98. The van der Waals surface area contributed by atoms with E-state index in [2.05, 4.69) is 29.6 Å². The number of nitrogens with one attached hydrogen (secondary N) is 1. The minimum absolute atomic E-state index is 0.0498. The third kappa shape index (κ3) is 3.86. The molecule has 1 aliphatic carbocycles. The SMILES string of the molecule is CNC(=O)CCc1cccc2c(C3CC3)cc(-c3ccc(C4CCCCO4)o3)nc12. The van der Waals surface area contributed by atoms with Crippen LogP contribution < -0.4 is 5.32 Å². The fraction of sp³-hybridized carbons (Fsp3) is 0.440. The van der Waals surface area contributed by atoms with Gasteiger partial charge in [0.1, 0.15) is 17.6 Å². The first kappa shape index (κ1) is 19.3. The van der Waals surface area contributed by atoms with Crippen molar-refractivity contribution in [2.24, 2.45) is 0 Å². The van der Waals surface area contributed by atoms with Crippen LogP contribution in [0.25, 0.3) is 22.4 Å². The van der Waals surface area contributed by atoms with Crippen molar-refractivity contribution in [2.75, 3.05) is 13.7 Å². The maximum absolute atomic E-state index is 11.8. The molecule has 5 heteroatoms. The van der Waals surface area contributed by atoms with Gasteiger partial charge in [-0.1, -0.05) is 18.2 Å². The number of aryl methyl sites for hydroxylation is 1. The van der Waals surface area contributed by atoms with Crippen molar-refractivity contribution in [3.63, 3.8) is 0 Å². The number of hydrogen-bond acceptors (Lipinski definition) is 4. The van der Waals surface area contributed by atoms with E-state index < -0.39 is 0 Å². The maximum atomic E-state index is 11.8. The highest BCUT2D eigenvalue weighted by atomic mass is 16.5. The van der Waals surface area contributed by atoms with Gasteiger partial charge in [0.25, 0.3) is 0 Å². The number of para-hydroxylation sites is 1. The Morgan fingerprint density at radius 3 is 2.83 bits per heavy atom. The lowest BCUT2D eigenvalue weighted by Crippen LogP contribution is -2.18. The zero-order chi connectivity index (χ0) is 20.5. The topological polar surface area (TPSA) is 64.4 Å². The number of pyridine rings is 1. The van der Waals surface area contributed by atoms with Gasteiger partial charge in [-0.25, -0.2) is 4.98 Å². The number of furan rings is 1. The van der Waals surface area contributed by atoms with Crippen molar-refractivity contribution in [1.82, 2.24) is 10.3 Å². The van der Waals surface area contributed by atoms with Crippen LogP contribution >= 0.6 is 0 Å². The molecule has 2 aromatic heterocycles. The summed E-state index contributed by atoms with van der Waals surface area (Å²) in [5, 5.41) is 3.91. The van der Waals surface area contributed by atoms with E-state index in [1.807, 2.05) is 12.1 Å². The minimum atomic E-state index is 0.0498. The normalized spacial score (nSPS) is 19.2. The van der Waals surface area contributed by atoms with Crippen LogP contribution in [0.15, 0.2) is 40.8 Å². The summed E-state index contributed by atoms with van der Waals surface area (Å²) in [5.74, 6) is 2.34. The molecule has 1 aliphatic heterocycles. The van der Waals surface area contributed by atoms with E-state index in [1.54, 1.807) is 7.05 Å². The summed E-state index contributed by atoms with van der Waals surface area (Å²) < 4.78 is 12.1. The van der Waals surface area contributed by atoms with E-state index in [-0.39, 0.29) is 12.0 Å². The first-order valence-electron chi connectivity index (χ1n) is 11.1. The highest BCUT2D eigenvalue weighted by molar-refractivity contribution is 5.88. The van der Waals surface area contributed by atoms with Crippen LogP contribution in [0.2, 0.25) is 0 Å². The van der Waals surface area contributed by atoms with E-state index in [0.29, 0.717) is 18.8 Å². The third-order valence-corrected chi connectivity index (χ3v) is 6.25. The molecule has 3 heterocycles. The Hall–Kier alpha value is -2.66. The van der Waals surface area contributed by atoms with Crippen LogP contribution in [-0.4, -0.2) is 24.5 Å². The summed E-state index contributed by atoms with van der Waals surface area (Å²) in [6.07, 6.45) is 6.95. The molecular formula is C25H28N2O3. The van der Waals surface area contributed by atoms with Crippen molar-refractivity contribution < 1.29 is 13.9 Å². The van der Waals surface area contributed by atoms with Gasteiger partial charge in [0.05, 0.1) is 5.52 Å². The number of carbonyl (C=O) groups is 1. The number of aromatic nitrogens is 1. The molecule has 1 aromatic carbocycles. The first-order chi connectivity index (χ1) is 14.7. The average Bonchev–Trinajstić information content (AvgIpc) is 3.52. The monoisotopic (exact) mass is 404 g/mol. The highest BCUT2D eigenvalue weighted by Crippen LogP contribution is 2.44. The number of benzene rings is 1. The van der Waals surface area contributed by atoms with Gasteiger partial charge in [-0.15, -0.1) is 0 Å². The zero-order valence-corrected chi connectivity index (χ0v) is 17.4. The minimum Gasteiger partial charge on any atom is -0.457 e. The molecule has 156 valence electrons. The summed E-state index contributed by atoms with van der Waals surface area (Å²) >= 11 is 0. The van der Waals surface area contributed by atoms with Crippen LogP contribution in [-0.2, 0) is 16.0 Å². The van der Waals surface area contributed by atoms with Gasteiger partial charge in [0.15, 0.2) is 5.76 Å². The molecule has 1 amide bonds. The number of rotatable bonds is 6. The van der Waals surface area contributed by atoms with Crippen molar-refractivity contribution >= 4 is 16.8 Å². The Labute approximate surface area is 176 Å².